The van der Waals surface area contributed by atoms with Gasteiger partial charge in [0.05, 0.1) is 18.8 Å². The minimum absolute atomic E-state index is 0.0257. The summed E-state index contributed by atoms with van der Waals surface area (Å²) in [7, 11) is 1.33. The minimum atomic E-state index is -0.455. The maximum atomic E-state index is 12.0. The molecule has 1 atom stereocenters. The van der Waals surface area contributed by atoms with Gasteiger partial charge in [-0.2, -0.15) is 0 Å². The molecular formula is C12H21N3O4. The average molecular weight is 271 g/mol. The molecule has 0 aromatic rings. The van der Waals surface area contributed by atoms with Crippen molar-refractivity contribution in [1.29, 1.82) is 0 Å². The molecule has 0 aromatic carbocycles. The maximum absolute atomic E-state index is 12.0. The van der Waals surface area contributed by atoms with Gasteiger partial charge in [-0.15, -0.1) is 0 Å². The van der Waals surface area contributed by atoms with Crippen molar-refractivity contribution in [3.8, 4) is 0 Å². The van der Waals surface area contributed by atoms with Crippen LogP contribution in [0.15, 0.2) is 0 Å². The zero-order valence-corrected chi connectivity index (χ0v) is 11.4. The van der Waals surface area contributed by atoms with Gasteiger partial charge >= 0.3 is 6.09 Å². The zero-order chi connectivity index (χ0) is 13.9. The highest BCUT2D eigenvalue weighted by molar-refractivity contribution is 5.78. The highest BCUT2D eigenvalue weighted by Crippen LogP contribution is 2.16. The van der Waals surface area contributed by atoms with Crippen LogP contribution in [0.1, 0.15) is 13.3 Å². The summed E-state index contributed by atoms with van der Waals surface area (Å²) in [4.78, 5) is 24.8. The molecule has 1 unspecified atom stereocenters. The molecule has 2 aliphatic rings. The van der Waals surface area contributed by atoms with Crippen LogP contribution in [0.3, 0.4) is 0 Å². The molecule has 0 aliphatic carbocycles. The van der Waals surface area contributed by atoms with Crippen molar-refractivity contribution in [2.45, 2.75) is 25.0 Å². The highest BCUT2D eigenvalue weighted by atomic mass is 16.5. The van der Waals surface area contributed by atoms with Gasteiger partial charge in [0.1, 0.15) is 6.61 Å². The molecule has 2 fully saturated rings. The number of ether oxygens (including phenoxy) is 2. The van der Waals surface area contributed by atoms with E-state index in [9.17, 15) is 9.59 Å². The second-order valence-corrected chi connectivity index (χ2v) is 5.30. The summed E-state index contributed by atoms with van der Waals surface area (Å²) in [6.45, 7) is 4.82. The maximum Gasteiger partial charge on any atom is 0.407 e. The molecule has 108 valence electrons. The van der Waals surface area contributed by atoms with E-state index < -0.39 is 6.09 Å². The second-order valence-electron chi connectivity index (χ2n) is 5.30. The van der Waals surface area contributed by atoms with E-state index in [0.29, 0.717) is 13.1 Å². The summed E-state index contributed by atoms with van der Waals surface area (Å²) < 4.78 is 10.1. The summed E-state index contributed by atoms with van der Waals surface area (Å²) in [5, 5.41) is 5.82. The standard InChI is InChI=1S/C12H21N3O4/c1-12(7-13-8-12)19-6-10(16)15-4-3-9(5-15)14-11(17)18-2/h9,13H,3-8H2,1-2H3,(H,14,17). The van der Waals surface area contributed by atoms with Crippen molar-refractivity contribution in [2.75, 3.05) is 39.9 Å². The number of nitrogens with zero attached hydrogens (tertiary/aromatic N) is 1. The Balaban J connectivity index is 1.70. The van der Waals surface area contributed by atoms with Gasteiger partial charge in [0, 0.05) is 26.2 Å². The summed E-state index contributed by atoms with van der Waals surface area (Å²) in [5.74, 6) is -0.0257. The van der Waals surface area contributed by atoms with Gasteiger partial charge in [-0.3, -0.25) is 4.79 Å². The monoisotopic (exact) mass is 271 g/mol. The number of likely N-dealkylation sites (tertiary alicyclic amines) is 1. The first kappa shape index (κ1) is 14.1. The molecule has 0 bridgehead atoms. The zero-order valence-electron chi connectivity index (χ0n) is 11.4. The van der Waals surface area contributed by atoms with Crippen LogP contribution in [-0.4, -0.2) is 68.4 Å². The number of nitrogens with one attached hydrogen (secondary N) is 2. The lowest BCUT2D eigenvalue weighted by Gasteiger charge is -2.39. The van der Waals surface area contributed by atoms with Crippen LogP contribution in [0.5, 0.6) is 0 Å². The first-order chi connectivity index (χ1) is 9.02. The molecule has 2 amide bonds. The van der Waals surface area contributed by atoms with E-state index in [0.717, 1.165) is 19.5 Å². The van der Waals surface area contributed by atoms with E-state index in [4.69, 9.17) is 4.74 Å². The number of amides is 2. The van der Waals surface area contributed by atoms with Gasteiger partial charge in [-0.1, -0.05) is 0 Å². The van der Waals surface area contributed by atoms with Gasteiger partial charge < -0.3 is 25.0 Å². The molecule has 2 aliphatic heterocycles. The molecule has 0 aromatic heterocycles. The van der Waals surface area contributed by atoms with Crippen molar-refractivity contribution in [2.24, 2.45) is 0 Å². The van der Waals surface area contributed by atoms with Crippen LogP contribution in [0.4, 0.5) is 4.79 Å². The molecule has 7 heteroatoms. The van der Waals surface area contributed by atoms with Crippen LogP contribution >= 0.6 is 0 Å². The van der Waals surface area contributed by atoms with Crippen molar-refractivity contribution in [3.05, 3.63) is 0 Å². The molecule has 2 N–H and O–H groups in total. The largest absolute Gasteiger partial charge is 0.453 e. The lowest BCUT2D eigenvalue weighted by atomic mass is 10.0. The Labute approximate surface area is 112 Å². The predicted molar refractivity (Wildman–Crippen MR) is 67.8 cm³/mol. The molecule has 0 spiro atoms. The van der Waals surface area contributed by atoms with Crippen molar-refractivity contribution in [3.63, 3.8) is 0 Å². The third kappa shape index (κ3) is 3.57. The lowest BCUT2D eigenvalue weighted by Crippen LogP contribution is -2.59. The topological polar surface area (TPSA) is 79.9 Å². The Bertz CT molecular complexity index is 357. The molecule has 0 saturated carbocycles. The lowest BCUT2D eigenvalue weighted by molar-refractivity contribution is -0.145. The third-order valence-electron chi connectivity index (χ3n) is 3.59. The average Bonchev–Trinajstić information content (AvgIpc) is 2.82. The fourth-order valence-electron chi connectivity index (χ4n) is 2.24. The Morgan fingerprint density at radius 1 is 1.47 bits per heavy atom. The minimum Gasteiger partial charge on any atom is -0.453 e. The van der Waals surface area contributed by atoms with Crippen LogP contribution in [0, 0.1) is 0 Å². The van der Waals surface area contributed by atoms with E-state index in [1.807, 2.05) is 6.92 Å². The number of carbonyl (C=O) groups excluding carboxylic acids is 2. The number of hydrogen-bond acceptors (Lipinski definition) is 5. The van der Waals surface area contributed by atoms with Crippen LogP contribution < -0.4 is 10.6 Å². The summed E-state index contributed by atoms with van der Waals surface area (Å²) in [6, 6.07) is -0.0302. The molecule has 7 nitrogen and oxygen atoms in total. The smallest absolute Gasteiger partial charge is 0.407 e. The summed E-state index contributed by atoms with van der Waals surface area (Å²) in [5.41, 5.74) is -0.209. The van der Waals surface area contributed by atoms with Gasteiger partial charge in [0.2, 0.25) is 5.91 Å². The number of methoxy groups -OCH3 is 1. The van der Waals surface area contributed by atoms with Gasteiger partial charge in [-0.05, 0) is 13.3 Å². The number of carbonyl (C=O) groups is 2. The summed E-state index contributed by atoms with van der Waals surface area (Å²) >= 11 is 0. The normalized spacial score (nSPS) is 24.7. The van der Waals surface area contributed by atoms with E-state index in [1.165, 1.54) is 7.11 Å². The Morgan fingerprint density at radius 3 is 2.79 bits per heavy atom. The quantitative estimate of drug-likeness (QED) is 0.708. The molecule has 0 radical (unpaired) electrons. The Hall–Kier alpha value is -1.34. The first-order valence-corrected chi connectivity index (χ1v) is 6.49. The van der Waals surface area contributed by atoms with Crippen LogP contribution in [0.2, 0.25) is 0 Å². The Morgan fingerprint density at radius 2 is 2.21 bits per heavy atom. The van der Waals surface area contributed by atoms with Crippen molar-refractivity contribution < 1.29 is 19.1 Å². The van der Waals surface area contributed by atoms with Crippen molar-refractivity contribution >= 4 is 12.0 Å². The van der Waals surface area contributed by atoms with E-state index in [2.05, 4.69) is 15.4 Å². The first-order valence-electron chi connectivity index (χ1n) is 6.49. The molecule has 2 rings (SSSR count). The molecule has 2 heterocycles. The third-order valence-corrected chi connectivity index (χ3v) is 3.59. The summed E-state index contributed by atoms with van der Waals surface area (Å²) in [6.07, 6.45) is 0.295. The van der Waals surface area contributed by atoms with E-state index in [1.54, 1.807) is 4.90 Å². The van der Waals surface area contributed by atoms with Crippen molar-refractivity contribution in [1.82, 2.24) is 15.5 Å². The van der Waals surface area contributed by atoms with Crippen LogP contribution in [-0.2, 0) is 14.3 Å². The predicted octanol–water partition coefficient (Wildman–Crippen LogP) is -0.678. The van der Waals surface area contributed by atoms with Gasteiger partial charge in [-0.25, -0.2) is 4.79 Å². The molecule has 2 saturated heterocycles. The number of rotatable bonds is 4. The molecular weight excluding hydrogens is 250 g/mol. The van der Waals surface area contributed by atoms with Crippen LogP contribution in [0.25, 0.3) is 0 Å². The number of alkyl carbamates (subject to hydrolysis) is 1. The van der Waals surface area contributed by atoms with Gasteiger partial charge in [0.15, 0.2) is 0 Å². The second kappa shape index (κ2) is 5.75. The Kier molecular flexibility index (Phi) is 4.26. The van der Waals surface area contributed by atoms with Gasteiger partial charge in [0.25, 0.3) is 0 Å². The fourth-order valence-corrected chi connectivity index (χ4v) is 2.24. The number of hydrogen-bond donors (Lipinski definition) is 2. The van der Waals surface area contributed by atoms with E-state index >= 15 is 0 Å². The SMILES string of the molecule is COC(=O)NC1CCN(C(=O)COC2(C)CNC2)C1. The fraction of sp³-hybridized carbons (Fsp3) is 0.833. The van der Waals surface area contributed by atoms with E-state index in [-0.39, 0.29) is 24.2 Å². The highest BCUT2D eigenvalue weighted by Gasteiger charge is 2.34. The molecule has 19 heavy (non-hydrogen) atoms.